The summed E-state index contributed by atoms with van der Waals surface area (Å²) in [5.74, 6) is -0.388. The first kappa shape index (κ1) is 32.8. The van der Waals surface area contributed by atoms with E-state index in [0.29, 0.717) is 0 Å². The fraction of sp³-hybridized carbons (Fsp3) is 0.355. The molecule has 7 nitrogen and oxygen atoms in total. The van der Waals surface area contributed by atoms with E-state index in [1.165, 1.54) is 6.92 Å². The normalized spacial score (nSPS) is 22.4. The maximum atomic E-state index is 12.0. The standard InChI is InChI=1S/C31H32Cl3NO6S/c1-21(36)42-20-25-26(37-17-22-11-5-2-6-12-22)27(38-18-23-13-7-3-8-14-23)28(39-19-24-15-9-4-10-16-24)29(40-25)41-30(35)31(32,33)34/h2-16,25-29,35H,17-20H2,1H3/t25-,26-,27+,28-,29-/m1/s1. The maximum absolute atomic E-state index is 12.0. The summed E-state index contributed by atoms with van der Waals surface area (Å²) in [4.78, 5) is 12.0. The number of hydrogen-bond donors (Lipinski definition) is 1. The van der Waals surface area contributed by atoms with Crippen molar-refractivity contribution in [3.8, 4) is 0 Å². The fourth-order valence-corrected chi connectivity index (χ4v) is 5.16. The fourth-order valence-electron chi connectivity index (χ4n) is 4.36. The molecule has 0 aromatic heterocycles. The average molecular weight is 653 g/mol. The van der Waals surface area contributed by atoms with Gasteiger partial charge in [0, 0.05) is 12.7 Å². The summed E-state index contributed by atoms with van der Waals surface area (Å²) in [6, 6.07) is 29.0. The number of thioether (sulfide) groups is 1. The third kappa shape index (κ3) is 9.96. The Kier molecular flexibility index (Phi) is 12.5. The van der Waals surface area contributed by atoms with Gasteiger partial charge in [0.25, 0.3) is 3.79 Å². The van der Waals surface area contributed by atoms with Gasteiger partial charge in [0.2, 0.25) is 12.2 Å². The van der Waals surface area contributed by atoms with Crippen molar-refractivity contribution in [2.75, 3.05) is 5.75 Å². The zero-order valence-corrected chi connectivity index (χ0v) is 26.0. The van der Waals surface area contributed by atoms with Gasteiger partial charge in [-0.3, -0.25) is 10.2 Å². The van der Waals surface area contributed by atoms with E-state index in [0.717, 1.165) is 28.5 Å². The van der Waals surface area contributed by atoms with E-state index in [2.05, 4.69) is 0 Å². The lowest BCUT2D eigenvalue weighted by Gasteiger charge is -2.46. The second-order valence-electron chi connectivity index (χ2n) is 9.57. The third-order valence-electron chi connectivity index (χ3n) is 6.39. The Bertz CT molecular complexity index is 1270. The Labute approximate surface area is 265 Å². The van der Waals surface area contributed by atoms with Crippen molar-refractivity contribution in [3.05, 3.63) is 108 Å². The second kappa shape index (κ2) is 16.1. The van der Waals surface area contributed by atoms with Crippen molar-refractivity contribution in [3.63, 3.8) is 0 Å². The van der Waals surface area contributed by atoms with Crippen molar-refractivity contribution in [1.29, 1.82) is 5.41 Å². The van der Waals surface area contributed by atoms with Crippen LogP contribution >= 0.6 is 46.6 Å². The molecule has 4 rings (SSSR count). The zero-order valence-electron chi connectivity index (χ0n) is 22.9. The number of ether oxygens (including phenoxy) is 5. The van der Waals surface area contributed by atoms with Gasteiger partial charge < -0.3 is 23.7 Å². The minimum atomic E-state index is -2.13. The number of halogens is 3. The van der Waals surface area contributed by atoms with Crippen LogP contribution < -0.4 is 0 Å². The summed E-state index contributed by atoms with van der Waals surface area (Å²) in [7, 11) is 0. The van der Waals surface area contributed by atoms with Gasteiger partial charge in [-0.05, 0) is 16.7 Å². The number of hydrogen-bond acceptors (Lipinski definition) is 8. The molecule has 1 fully saturated rings. The summed E-state index contributed by atoms with van der Waals surface area (Å²) >= 11 is 19.0. The molecule has 11 heteroatoms. The molecule has 0 amide bonds. The molecule has 1 aliphatic rings. The van der Waals surface area contributed by atoms with Crippen LogP contribution in [-0.2, 0) is 48.3 Å². The Morgan fingerprint density at radius 2 is 1.19 bits per heavy atom. The molecule has 1 N–H and O–H groups in total. The molecule has 1 heterocycles. The SMILES string of the molecule is CC(=O)SC[C@H]1O[C@H](OC(=N)C(Cl)(Cl)Cl)[C@H](OCc2ccccc2)[C@@H](OCc2ccccc2)[C@@H]1OCc1ccccc1. The topological polar surface area (TPSA) is 87.1 Å². The van der Waals surface area contributed by atoms with Crippen LogP contribution in [0.5, 0.6) is 0 Å². The summed E-state index contributed by atoms with van der Waals surface area (Å²) < 4.78 is 29.4. The van der Waals surface area contributed by atoms with Crippen molar-refractivity contribution >= 4 is 57.6 Å². The van der Waals surface area contributed by atoms with Crippen LogP contribution in [0.3, 0.4) is 0 Å². The minimum Gasteiger partial charge on any atom is -0.445 e. The average Bonchev–Trinajstić information content (AvgIpc) is 2.98. The smallest absolute Gasteiger partial charge is 0.265 e. The van der Waals surface area contributed by atoms with Crippen LogP contribution in [0.25, 0.3) is 0 Å². The minimum absolute atomic E-state index is 0.0869. The largest absolute Gasteiger partial charge is 0.445 e. The monoisotopic (exact) mass is 651 g/mol. The van der Waals surface area contributed by atoms with Gasteiger partial charge >= 0.3 is 0 Å². The highest BCUT2D eigenvalue weighted by atomic mass is 35.6. The molecule has 3 aromatic carbocycles. The molecule has 1 saturated heterocycles. The molecule has 3 aromatic rings. The number of nitrogens with one attached hydrogen (secondary N) is 1. The quantitative estimate of drug-likeness (QED) is 0.127. The van der Waals surface area contributed by atoms with Crippen LogP contribution in [0.2, 0.25) is 0 Å². The predicted octanol–water partition coefficient (Wildman–Crippen LogP) is 7.11. The van der Waals surface area contributed by atoms with E-state index in [1.54, 1.807) is 0 Å². The first-order valence-electron chi connectivity index (χ1n) is 13.3. The van der Waals surface area contributed by atoms with E-state index >= 15 is 0 Å². The third-order valence-corrected chi connectivity index (χ3v) is 7.81. The Morgan fingerprint density at radius 3 is 1.62 bits per heavy atom. The molecule has 224 valence electrons. The number of carbonyl (C=O) groups is 1. The molecule has 1 aliphatic heterocycles. The van der Waals surface area contributed by atoms with Gasteiger partial charge in [-0.15, -0.1) is 0 Å². The van der Waals surface area contributed by atoms with Gasteiger partial charge in [0.15, 0.2) is 5.12 Å². The second-order valence-corrected chi connectivity index (χ2v) is 13.1. The molecule has 0 bridgehead atoms. The lowest BCUT2D eigenvalue weighted by atomic mass is 9.98. The lowest BCUT2D eigenvalue weighted by molar-refractivity contribution is -0.303. The summed E-state index contributed by atoms with van der Waals surface area (Å²) in [5.41, 5.74) is 2.80. The van der Waals surface area contributed by atoms with Crippen molar-refractivity contribution < 1.29 is 28.5 Å². The van der Waals surface area contributed by atoms with E-state index in [1.807, 2.05) is 91.0 Å². The summed E-state index contributed by atoms with van der Waals surface area (Å²) in [6.45, 7) is 2.18. The van der Waals surface area contributed by atoms with Crippen LogP contribution in [0, 0.1) is 5.41 Å². The highest BCUT2D eigenvalue weighted by Gasteiger charge is 2.50. The van der Waals surface area contributed by atoms with Gasteiger partial charge in [0.1, 0.15) is 24.4 Å². The number of alkyl halides is 3. The molecule has 42 heavy (non-hydrogen) atoms. The molecule has 0 saturated carbocycles. The molecular formula is C31H32Cl3NO6S. The molecule has 0 radical (unpaired) electrons. The molecule has 0 unspecified atom stereocenters. The molecule has 0 aliphatic carbocycles. The summed E-state index contributed by atoms with van der Waals surface area (Å²) in [6.07, 6.45) is -4.22. The first-order valence-corrected chi connectivity index (χ1v) is 15.4. The van der Waals surface area contributed by atoms with Crippen LogP contribution in [0.4, 0.5) is 0 Å². The number of rotatable bonds is 12. The summed E-state index contributed by atoms with van der Waals surface area (Å²) in [5, 5.41) is 8.17. The van der Waals surface area contributed by atoms with Crippen LogP contribution in [0.15, 0.2) is 91.0 Å². The highest BCUT2D eigenvalue weighted by Crippen LogP contribution is 2.35. The number of benzene rings is 3. The first-order chi connectivity index (χ1) is 20.2. The Morgan fingerprint density at radius 1 is 0.762 bits per heavy atom. The van der Waals surface area contributed by atoms with E-state index in [9.17, 15) is 4.79 Å². The van der Waals surface area contributed by atoms with Crippen molar-refractivity contribution in [2.24, 2.45) is 0 Å². The lowest BCUT2D eigenvalue weighted by Crippen LogP contribution is -2.62. The Hall–Kier alpha value is -2.14. The predicted molar refractivity (Wildman–Crippen MR) is 166 cm³/mol. The van der Waals surface area contributed by atoms with E-state index in [4.69, 9.17) is 63.9 Å². The van der Waals surface area contributed by atoms with Gasteiger partial charge in [-0.25, -0.2) is 0 Å². The highest BCUT2D eigenvalue weighted by molar-refractivity contribution is 8.13. The van der Waals surface area contributed by atoms with Crippen LogP contribution in [0.1, 0.15) is 23.6 Å². The van der Waals surface area contributed by atoms with E-state index < -0.39 is 40.4 Å². The zero-order chi connectivity index (χ0) is 30.0. The number of carbonyl (C=O) groups excluding carboxylic acids is 1. The van der Waals surface area contributed by atoms with Crippen molar-refractivity contribution in [1.82, 2.24) is 0 Å². The van der Waals surface area contributed by atoms with Crippen LogP contribution in [-0.4, -0.2) is 51.3 Å². The van der Waals surface area contributed by atoms with Gasteiger partial charge in [0.05, 0.1) is 19.8 Å². The van der Waals surface area contributed by atoms with Gasteiger partial charge in [-0.1, -0.05) is 138 Å². The van der Waals surface area contributed by atoms with E-state index in [-0.39, 0.29) is 30.7 Å². The molecule has 0 spiro atoms. The molecule has 5 atom stereocenters. The van der Waals surface area contributed by atoms with Gasteiger partial charge in [-0.2, -0.15) is 0 Å². The maximum Gasteiger partial charge on any atom is 0.265 e. The molecular weight excluding hydrogens is 621 g/mol. The Balaban J connectivity index is 1.68. The van der Waals surface area contributed by atoms with Crippen molar-refractivity contribution in [2.45, 2.75) is 61.2 Å².